The highest BCUT2D eigenvalue weighted by Crippen LogP contribution is 2.21. The average molecular weight is 266 g/mol. The van der Waals surface area contributed by atoms with Crippen LogP contribution in [-0.4, -0.2) is 20.9 Å². The highest BCUT2D eigenvalue weighted by molar-refractivity contribution is 7.14. The minimum Gasteiger partial charge on any atom is -0.477 e. The third kappa shape index (κ3) is 2.40. The number of hydrogen-bond donors (Lipinski definition) is 2. The van der Waals surface area contributed by atoms with Gasteiger partial charge in [0.2, 0.25) is 0 Å². The molecule has 2 aromatic heterocycles. The van der Waals surface area contributed by atoms with Crippen molar-refractivity contribution in [3.8, 4) is 0 Å². The van der Waals surface area contributed by atoms with Crippen LogP contribution >= 0.6 is 11.3 Å². The van der Waals surface area contributed by atoms with Crippen LogP contribution < -0.4 is 11.1 Å². The fraction of sp³-hybridized carbons (Fsp3) is 0.182. The smallest absolute Gasteiger partial charge is 0.345 e. The van der Waals surface area contributed by atoms with E-state index in [2.05, 4.69) is 5.10 Å². The van der Waals surface area contributed by atoms with Crippen LogP contribution in [0.2, 0.25) is 0 Å². The molecule has 0 atom stereocenters. The molecule has 2 rings (SSSR count). The minimum absolute atomic E-state index is 0.157. The molecular weight excluding hydrogens is 256 g/mol. The van der Waals surface area contributed by atoms with Crippen molar-refractivity contribution in [2.24, 2.45) is 0 Å². The number of thiophene rings is 1. The van der Waals surface area contributed by atoms with Crippen molar-refractivity contribution >= 4 is 17.3 Å². The second-order valence-electron chi connectivity index (χ2n) is 3.73. The molecule has 0 aromatic carbocycles. The van der Waals surface area contributed by atoms with E-state index in [0.717, 1.165) is 27.0 Å². The molecule has 2 aromatic rings. The summed E-state index contributed by atoms with van der Waals surface area (Å²) in [4.78, 5) is 34.5. The van der Waals surface area contributed by atoms with Crippen LogP contribution in [0, 0.1) is 6.92 Å². The Labute approximate surface area is 105 Å². The second-order valence-corrected chi connectivity index (χ2v) is 4.99. The fourth-order valence-electron chi connectivity index (χ4n) is 1.53. The van der Waals surface area contributed by atoms with Crippen molar-refractivity contribution in [2.75, 3.05) is 0 Å². The molecule has 18 heavy (non-hydrogen) atoms. The van der Waals surface area contributed by atoms with Gasteiger partial charge < -0.3 is 5.11 Å². The van der Waals surface area contributed by atoms with Gasteiger partial charge >= 0.3 is 5.97 Å². The molecule has 0 amide bonds. The molecule has 6 nitrogen and oxygen atoms in total. The standard InChI is InChI=1S/C11H10N2O4S/c1-6-7(4-8(18-6)11(16)17)5-13-10(15)3-2-9(14)12-13/h2-4H,5H2,1H3,(H,12,14)(H,16,17). The molecule has 7 heteroatoms. The van der Waals surface area contributed by atoms with Gasteiger partial charge in [0.05, 0.1) is 6.54 Å². The molecule has 0 aliphatic carbocycles. The fourth-order valence-corrected chi connectivity index (χ4v) is 2.41. The Bertz CT molecular complexity index is 710. The lowest BCUT2D eigenvalue weighted by atomic mass is 10.2. The number of carboxylic acid groups (broad SMARTS) is 1. The normalized spacial score (nSPS) is 10.5. The maximum absolute atomic E-state index is 11.5. The van der Waals surface area contributed by atoms with E-state index in [4.69, 9.17) is 5.11 Å². The highest BCUT2D eigenvalue weighted by Gasteiger charge is 2.11. The topological polar surface area (TPSA) is 92.2 Å². The van der Waals surface area contributed by atoms with Crippen molar-refractivity contribution in [3.63, 3.8) is 0 Å². The van der Waals surface area contributed by atoms with E-state index in [1.54, 1.807) is 6.92 Å². The van der Waals surface area contributed by atoms with Gasteiger partial charge in [0, 0.05) is 17.0 Å². The molecule has 0 aliphatic heterocycles. The van der Waals surface area contributed by atoms with E-state index in [0.29, 0.717) is 5.56 Å². The monoisotopic (exact) mass is 266 g/mol. The Morgan fingerprint density at radius 3 is 2.78 bits per heavy atom. The minimum atomic E-state index is -0.997. The summed E-state index contributed by atoms with van der Waals surface area (Å²) in [5.74, 6) is -0.997. The lowest BCUT2D eigenvalue weighted by Crippen LogP contribution is -2.28. The van der Waals surface area contributed by atoms with Gasteiger partial charge in [-0.25, -0.2) is 9.48 Å². The first kappa shape index (κ1) is 12.3. The second kappa shape index (κ2) is 4.61. The summed E-state index contributed by atoms with van der Waals surface area (Å²) in [7, 11) is 0. The molecule has 0 radical (unpaired) electrons. The van der Waals surface area contributed by atoms with E-state index in [1.165, 1.54) is 12.1 Å². The van der Waals surface area contributed by atoms with E-state index < -0.39 is 5.97 Å². The number of aromatic amines is 1. The maximum Gasteiger partial charge on any atom is 0.345 e. The van der Waals surface area contributed by atoms with Crippen molar-refractivity contribution in [1.82, 2.24) is 9.78 Å². The summed E-state index contributed by atoms with van der Waals surface area (Å²) < 4.78 is 1.16. The van der Waals surface area contributed by atoms with Crippen LogP contribution in [0.25, 0.3) is 0 Å². The van der Waals surface area contributed by atoms with Crippen LogP contribution in [-0.2, 0) is 6.54 Å². The van der Waals surface area contributed by atoms with E-state index in [-0.39, 0.29) is 22.5 Å². The summed E-state index contributed by atoms with van der Waals surface area (Å²) in [6, 6.07) is 3.85. The summed E-state index contributed by atoms with van der Waals surface area (Å²) in [5, 5.41) is 11.3. The van der Waals surface area contributed by atoms with Gasteiger partial charge in [0.15, 0.2) is 0 Å². The molecule has 0 aliphatic rings. The number of nitrogens with one attached hydrogen (secondary N) is 1. The van der Waals surface area contributed by atoms with Crippen LogP contribution in [0.15, 0.2) is 27.8 Å². The summed E-state index contributed by atoms with van der Waals surface area (Å²) in [6.07, 6.45) is 0. The molecule has 2 heterocycles. The first-order chi connectivity index (χ1) is 8.47. The maximum atomic E-state index is 11.5. The van der Waals surface area contributed by atoms with Gasteiger partial charge in [-0.1, -0.05) is 0 Å². The largest absolute Gasteiger partial charge is 0.477 e. The lowest BCUT2D eigenvalue weighted by Gasteiger charge is -2.03. The van der Waals surface area contributed by atoms with Crippen molar-refractivity contribution in [1.29, 1.82) is 0 Å². The summed E-state index contributed by atoms with van der Waals surface area (Å²) >= 11 is 1.14. The number of aromatic carboxylic acids is 1. The van der Waals surface area contributed by atoms with Gasteiger partial charge in [-0.15, -0.1) is 11.3 Å². The summed E-state index contributed by atoms with van der Waals surface area (Å²) in [6.45, 7) is 1.93. The highest BCUT2D eigenvalue weighted by atomic mass is 32.1. The molecule has 0 spiro atoms. The average Bonchev–Trinajstić information content (AvgIpc) is 2.66. The number of carboxylic acids is 1. The SMILES string of the molecule is Cc1sc(C(=O)O)cc1Cn1[nH]c(=O)ccc1=O. The number of nitrogens with zero attached hydrogens (tertiary/aromatic N) is 1. The third-order valence-corrected chi connectivity index (χ3v) is 3.53. The predicted molar refractivity (Wildman–Crippen MR) is 66.4 cm³/mol. The Morgan fingerprint density at radius 1 is 1.44 bits per heavy atom. The molecule has 0 unspecified atom stereocenters. The van der Waals surface area contributed by atoms with Crippen molar-refractivity contribution < 1.29 is 9.90 Å². The van der Waals surface area contributed by atoms with Crippen LogP contribution in [0.1, 0.15) is 20.1 Å². The summed E-state index contributed by atoms with van der Waals surface area (Å²) in [5.41, 5.74) is -0.000587. The molecule has 0 saturated heterocycles. The number of carbonyl (C=O) groups is 1. The Hall–Kier alpha value is -2.15. The van der Waals surface area contributed by atoms with E-state index in [1.807, 2.05) is 0 Å². The van der Waals surface area contributed by atoms with Crippen molar-refractivity contribution in [2.45, 2.75) is 13.5 Å². The predicted octanol–water partition coefficient (Wildman–Crippen LogP) is 0.653. The Balaban J connectivity index is 2.40. The molecular formula is C11H10N2O4S. The van der Waals surface area contributed by atoms with Gasteiger partial charge in [0.1, 0.15) is 4.88 Å². The zero-order chi connectivity index (χ0) is 13.3. The number of rotatable bonds is 3. The zero-order valence-electron chi connectivity index (χ0n) is 9.47. The van der Waals surface area contributed by atoms with Crippen LogP contribution in [0.3, 0.4) is 0 Å². The van der Waals surface area contributed by atoms with E-state index >= 15 is 0 Å². The van der Waals surface area contributed by atoms with Crippen LogP contribution in [0.5, 0.6) is 0 Å². The zero-order valence-corrected chi connectivity index (χ0v) is 10.3. The lowest BCUT2D eigenvalue weighted by molar-refractivity contribution is 0.0702. The van der Waals surface area contributed by atoms with Gasteiger partial charge in [-0.2, -0.15) is 0 Å². The van der Waals surface area contributed by atoms with Crippen molar-refractivity contribution in [3.05, 3.63) is 54.2 Å². The quantitative estimate of drug-likeness (QED) is 0.853. The molecule has 0 bridgehead atoms. The Kier molecular flexibility index (Phi) is 3.15. The number of aromatic nitrogens is 2. The number of hydrogen-bond acceptors (Lipinski definition) is 4. The number of aryl methyl sites for hydroxylation is 1. The third-order valence-electron chi connectivity index (χ3n) is 2.45. The first-order valence-corrected chi connectivity index (χ1v) is 5.92. The van der Waals surface area contributed by atoms with E-state index in [9.17, 15) is 14.4 Å². The van der Waals surface area contributed by atoms with Gasteiger partial charge in [-0.3, -0.25) is 14.7 Å². The molecule has 0 saturated carbocycles. The molecule has 0 fully saturated rings. The number of H-pyrrole nitrogens is 1. The van der Waals surface area contributed by atoms with Gasteiger partial charge in [-0.05, 0) is 18.6 Å². The first-order valence-electron chi connectivity index (χ1n) is 5.10. The van der Waals surface area contributed by atoms with Gasteiger partial charge in [0.25, 0.3) is 11.1 Å². The van der Waals surface area contributed by atoms with Crippen LogP contribution in [0.4, 0.5) is 0 Å². The Morgan fingerprint density at radius 2 is 2.17 bits per heavy atom. The molecule has 94 valence electrons. The molecule has 2 N–H and O–H groups in total.